The fourth-order valence-corrected chi connectivity index (χ4v) is 3.44. The van der Waals surface area contributed by atoms with Crippen LogP contribution in [0.25, 0.3) is 11.0 Å². The molecule has 35 heavy (non-hydrogen) atoms. The summed E-state index contributed by atoms with van der Waals surface area (Å²) >= 11 is 6.13. The van der Waals surface area contributed by atoms with E-state index in [9.17, 15) is 14.0 Å². The molecule has 0 saturated carbocycles. The van der Waals surface area contributed by atoms with Gasteiger partial charge in [-0.15, -0.1) is 0 Å². The number of nitrogens with zero attached hydrogens (tertiary/aromatic N) is 2. The van der Waals surface area contributed by atoms with Crippen LogP contribution in [0.1, 0.15) is 15.9 Å². The fourth-order valence-electron chi connectivity index (χ4n) is 3.21. The summed E-state index contributed by atoms with van der Waals surface area (Å²) < 4.78 is 33.8. The molecule has 0 aliphatic rings. The topological polar surface area (TPSA) is 113 Å². The highest BCUT2D eigenvalue weighted by Crippen LogP contribution is 2.29. The summed E-state index contributed by atoms with van der Waals surface area (Å²) in [5.41, 5.74) is 0.267. The Morgan fingerprint density at radius 3 is 2.63 bits per heavy atom. The average molecular weight is 499 g/mol. The van der Waals surface area contributed by atoms with E-state index in [2.05, 4.69) is 20.6 Å². The molecule has 2 amide bonds. The van der Waals surface area contributed by atoms with Crippen LogP contribution in [0.2, 0.25) is 5.02 Å². The van der Waals surface area contributed by atoms with E-state index in [0.717, 1.165) is 6.07 Å². The Morgan fingerprint density at radius 1 is 1.03 bits per heavy atom. The summed E-state index contributed by atoms with van der Waals surface area (Å²) in [5, 5.41) is 13.4. The Balaban J connectivity index is 1.60. The summed E-state index contributed by atoms with van der Waals surface area (Å²) in [7, 11) is 0. The number of anilines is 2. The number of carbonyl (C=O) groups excluding carboxylic acids is 2. The number of hydrogen-bond acceptors (Lipinski definition) is 6. The zero-order valence-electron chi connectivity index (χ0n) is 17.9. The van der Waals surface area contributed by atoms with Gasteiger partial charge in [0.15, 0.2) is 11.6 Å². The number of aliphatic hydroxyl groups excluding tert-OH is 1. The first kappa shape index (κ1) is 24.0. The van der Waals surface area contributed by atoms with Crippen LogP contribution in [0.15, 0.2) is 60.8 Å². The molecule has 0 bridgehead atoms. The van der Waals surface area contributed by atoms with E-state index in [1.807, 2.05) is 0 Å². The van der Waals surface area contributed by atoms with Crippen LogP contribution in [-0.4, -0.2) is 40.1 Å². The van der Waals surface area contributed by atoms with E-state index < -0.39 is 29.0 Å². The van der Waals surface area contributed by atoms with E-state index in [0.29, 0.717) is 11.0 Å². The van der Waals surface area contributed by atoms with Crippen molar-refractivity contribution in [3.8, 4) is 5.88 Å². The summed E-state index contributed by atoms with van der Waals surface area (Å²) in [5.74, 6) is -2.19. The van der Waals surface area contributed by atoms with Gasteiger partial charge < -0.3 is 20.5 Å². The summed E-state index contributed by atoms with van der Waals surface area (Å²) in [6.45, 7) is -0.188. The molecule has 4 aromatic rings. The molecule has 3 aromatic carbocycles. The van der Waals surface area contributed by atoms with Crippen molar-refractivity contribution in [1.29, 1.82) is 0 Å². The third kappa shape index (κ3) is 5.51. The number of amides is 2. The highest BCUT2D eigenvalue weighted by atomic mass is 35.5. The van der Waals surface area contributed by atoms with E-state index in [1.54, 1.807) is 0 Å². The minimum Gasteiger partial charge on any atom is -0.474 e. The number of rotatable bonds is 7. The molecule has 3 N–H and O–H groups in total. The number of hydrogen-bond donors (Lipinski definition) is 3. The molecule has 0 aliphatic heterocycles. The number of fused-ring (bicyclic) bond motifs is 1. The maximum Gasteiger partial charge on any atom is 0.323 e. The van der Waals surface area contributed by atoms with Crippen LogP contribution >= 0.6 is 11.6 Å². The lowest BCUT2D eigenvalue weighted by Crippen LogP contribution is -2.21. The van der Waals surface area contributed by atoms with Crippen molar-refractivity contribution < 1.29 is 28.2 Å². The fraction of sp³-hybridized carbons (Fsp3) is 0.0833. The van der Waals surface area contributed by atoms with Gasteiger partial charge in [-0.3, -0.25) is 4.79 Å². The van der Waals surface area contributed by atoms with Gasteiger partial charge in [0.25, 0.3) is 0 Å². The minimum atomic E-state index is -1.04. The van der Waals surface area contributed by atoms with Crippen LogP contribution in [0.5, 0.6) is 5.88 Å². The smallest absolute Gasteiger partial charge is 0.323 e. The number of halogens is 3. The van der Waals surface area contributed by atoms with Gasteiger partial charge in [-0.05, 0) is 48.5 Å². The first-order chi connectivity index (χ1) is 16.9. The van der Waals surface area contributed by atoms with Crippen LogP contribution in [-0.2, 0) is 0 Å². The number of nitrogens with one attached hydrogen (secondary N) is 2. The standard InChI is InChI=1S/C24H17ClF2N4O4/c25-16-5-7-18(31-24(34)29-15-3-1-2-14(26)11-15)22(27)21(16)23(33)13-4-6-17-19(10-13)30-20(12-28-17)35-9-8-32/h1-7,10-12,32H,8-9H2,(H2,29,31,34). The van der Waals surface area contributed by atoms with Crippen LogP contribution in [0, 0.1) is 11.6 Å². The summed E-state index contributed by atoms with van der Waals surface area (Å²) in [6.07, 6.45) is 1.38. The van der Waals surface area contributed by atoms with E-state index >= 15 is 4.39 Å². The molecular weight excluding hydrogens is 482 g/mol. The van der Waals surface area contributed by atoms with Gasteiger partial charge in [0, 0.05) is 11.3 Å². The second-order valence-corrected chi connectivity index (χ2v) is 7.59. The Morgan fingerprint density at radius 2 is 1.86 bits per heavy atom. The van der Waals surface area contributed by atoms with Crippen LogP contribution < -0.4 is 15.4 Å². The third-order valence-electron chi connectivity index (χ3n) is 4.77. The lowest BCUT2D eigenvalue weighted by atomic mass is 10.0. The van der Waals surface area contributed by atoms with Gasteiger partial charge in [-0.1, -0.05) is 17.7 Å². The monoisotopic (exact) mass is 498 g/mol. The third-order valence-corrected chi connectivity index (χ3v) is 5.09. The lowest BCUT2D eigenvalue weighted by Gasteiger charge is -2.12. The van der Waals surface area contributed by atoms with Crippen molar-refractivity contribution in [3.05, 3.63) is 88.6 Å². The SMILES string of the molecule is O=C(Nc1cccc(F)c1)Nc1ccc(Cl)c(C(=O)c2ccc3ncc(OCCO)nc3c2)c1F. The molecule has 0 unspecified atom stereocenters. The van der Waals surface area contributed by atoms with E-state index in [4.69, 9.17) is 21.4 Å². The molecule has 178 valence electrons. The minimum absolute atomic E-state index is 0.0200. The van der Waals surface area contributed by atoms with Crippen molar-refractivity contribution in [1.82, 2.24) is 9.97 Å². The zero-order valence-corrected chi connectivity index (χ0v) is 18.6. The molecule has 8 nitrogen and oxygen atoms in total. The molecule has 4 rings (SSSR count). The van der Waals surface area contributed by atoms with Gasteiger partial charge in [0.05, 0.1) is 40.1 Å². The van der Waals surface area contributed by atoms with Gasteiger partial charge in [0.2, 0.25) is 5.88 Å². The summed E-state index contributed by atoms with van der Waals surface area (Å²) in [6, 6.07) is 11.2. The number of urea groups is 1. The van der Waals surface area contributed by atoms with Crippen LogP contribution in [0.3, 0.4) is 0 Å². The lowest BCUT2D eigenvalue weighted by molar-refractivity contribution is 0.103. The molecule has 11 heteroatoms. The van der Waals surface area contributed by atoms with Crippen molar-refractivity contribution in [2.45, 2.75) is 0 Å². The molecule has 0 saturated heterocycles. The number of ketones is 1. The van der Waals surface area contributed by atoms with Crippen molar-refractivity contribution in [2.24, 2.45) is 0 Å². The molecular formula is C24H17ClF2N4O4. The number of benzene rings is 3. The van der Waals surface area contributed by atoms with Crippen molar-refractivity contribution in [3.63, 3.8) is 0 Å². The predicted octanol–water partition coefficient (Wildman–Crippen LogP) is 4.81. The second kappa shape index (κ2) is 10.4. The first-order valence-electron chi connectivity index (χ1n) is 10.2. The molecule has 0 spiro atoms. The Labute approximate surface area is 202 Å². The number of ether oxygens (including phenoxy) is 1. The maximum atomic E-state index is 15.3. The Hall–Kier alpha value is -4.15. The number of aliphatic hydroxyl groups is 1. The molecule has 1 heterocycles. The van der Waals surface area contributed by atoms with Gasteiger partial charge >= 0.3 is 6.03 Å². The maximum absolute atomic E-state index is 15.3. The molecule has 1 aromatic heterocycles. The number of carbonyl (C=O) groups is 2. The zero-order chi connectivity index (χ0) is 24.9. The van der Waals surface area contributed by atoms with E-state index in [-0.39, 0.29) is 41.1 Å². The largest absolute Gasteiger partial charge is 0.474 e. The molecule has 0 atom stereocenters. The highest BCUT2D eigenvalue weighted by Gasteiger charge is 2.22. The highest BCUT2D eigenvalue weighted by molar-refractivity contribution is 6.35. The van der Waals surface area contributed by atoms with Crippen molar-refractivity contribution in [2.75, 3.05) is 23.8 Å². The second-order valence-electron chi connectivity index (χ2n) is 7.19. The quantitative estimate of drug-likeness (QED) is 0.315. The average Bonchev–Trinajstić information content (AvgIpc) is 2.84. The summed E-state index contributed by atoms with van der Waals surface area (Å²) in [4.78, 5) is 33.8. The van der Waals surface area contributed by atoms with Gasteiger partial charge in [0.1, 0.15) is 12.4 Å². The van der Waals surface area contributed by atoms with Crippen LogP contribution in [0.4, 0.5) is 25.0 Å². The predicted molar refractivity (Wildman–Crippen MR) is 126 cm³/mol. The van der Waals surface area contributed by atoms with E-state index in [1.165, 1.54) is 54.7 Å². The first-order valence-corrected chi connectivity index (χ1v) is 10.6. The normalized spacial score (nSPS) is 10.7. The molecule has 0 aliphatic carbocycles. The molecule has 0 radical (unpaired) electrons. The van der Waals surface area contributed by atoms with Gasteiger partial charge in [-0.25, -0.2) is 23.5 Å². The number of aromatic nitrogens is 2. The molecule has 0 fully saturated rings. The Bertz CT molecular complexity index is 1430. The Kier molecular flexibility index (Phi) is 7.14. The van der Waals surface area contributed by atoms with Gasteiger partial charge in [-0.2, -0.15) is 0 Å². The van der Waals surface area contributed by atoms with Crippen molar-refractivity contribution >= 4 is 45.8 Å².